The molecule has 26 heavy (non-hydrogen) atoms. The maximum absolute atomic E-state index is 12.7. The summed E-state index contributed by atoms with van der Waals surface area (Å²) in [6.45, 7) is 2.48. The monoisotopic (exact) mass is 348 g/mol. The molecule has 0 saturated carbocycles. The summed E-state index contributed by atoms with van der Waals surface area (Å²) in [6.07, 6.45) is 5.73. The summed E-state index contributed by atoms with van der Waals surface area (Å²) in [6, 6.07) is 12.1. The summed E-state index contributed by atoms with van der Waals surface area (Å²) in [4.78, 5) is 18.9. The van der Waals surface area contributed by atoms with Gasteiger partial charge >= 0.3 is 0 Å². The second-order valence-corrected chi connectivity index (χ2v) is 6.56. The minimum Gasteiger partial charge on any atom is -0.379 e. The molecule has 0 N–H and O–H groups in total. The highest BCUT2D eigenvalue weighted by molar-refractivity contribution is 5.93. The van der Waals surface area contributed by atoms with Crippen molar-refractivity contribution in [2.75, 3.05) is 26.3 Å². The number of carbonyl (C=O) groups excluding carboxylic acids is 1. The molecule has 0 spiro atoms. The lowest BCUT2D eigenvalue weighted by molar-refractivity contribution is 0.0736. The Morgan fingerprint density at radius 1 is 1.19 bits per heavy atom. The van der Waals surface area contributed by atoms with E-state index in [9.17, 15) is 4.79 Å². The molecule has 3 aromatic rings. The lowest BCUT2D eigenvalue weighted by Crippen LogP contribution is -2.36. The number of amides is 1. The molecule has 1 saturated heterocycles. The summed E-state index contributed by atoms with van der Waals surface area (Å²) in [5.74, 6) is 0.239. The van der Waals surface area contributed by atoms with Crippen LogP contribution in [0.2, 0.25) is 0 Å². The van der Waals surface area contributed by atoms with Crippen molar-refractivity contribution in [2.24, 2.45) is 5.92 Å². The van der Waals surface area contributed by atoms with Crippen LogP contribution in [0.1, 0.15) is 15.9 Å². The average Bonchev–Trinajstić information content (AvgIpc) is 2.93. The maximum Gasteiger partial charge on any atom is 0.255 e. The van der Waals surface area contributed by atoms with Gasteiger partial charge in [-0.25, -0.2) is 0 Å². The molecular formula is C20H20N4O2. The predicted molar refractivity (Wildman–Crippen MR) is 97.7 cm³/mol. The zero-order valence-electron chi connectivity index (χ0n) is 14.4. The molecule has 1 aromatic carbocycles. The fraction of sp³-hybridized carbons (Fsp3) is 0.300. The third-order valence-electron chi connectivity index (χ3n) is 4.65. The zero-order valence-corrected chi connectivity index (χ0v) is 14.4. The molecule has 1 fully saturated rings. The topological polar surface area (TPSA) is 68.2 Å². The quantitative estimate of drug-likeness (QED) is 0.727. The van der Waals surface area contributed by atoms with Crippen molar-refractivity contribution in [1.82, 2.24) is 20.1 Å². The fourth-order valence-corrected chi connectivity index (χ4v) is 3.37. The van der Waals surface area contributed by atoms with Crippen LogP contribution in [0, 0.1) is 5.92 Å². The summed E-state index contributed by atoms with van der Waals surface area (Å²) in [5, 5.41) is 8.68. The third kappa shape index (κ3) is 3.70. The van der Waals surface area contributed by atoms with E-state index in [0.29, 0.717) is 31.9 Å². The highest BCUT2D eigenvalue weighted by Gasteiger charge is 2.24. The van der Waals surface area contributed by atoms with Gasteiger partial charge in [-0.05, 0) is 36.2 Å². The Morgan fingerprint density at radius 2 is 2.15 bits per heavy atom. The van der Waals surface area contributed by atoms with Crippen molar-refractivity contribution >= 4 is 16.8 Å². The first-order valence-corrected chi connectivity index (χ1v) is 8.77. The van der Waals surface area contributed by atoms with Crippen LogP contribution in [0.5, 0.6) is 0 Å². The molecule has 0 unspecified atom stereocenters. The molecule has 132 valence electrons. The zero-order chi connectivity index (χ0) is 17.8. The molecule has 0 radical (unpaired) electrons. The third-order valence-corrected chi connectivity index (χ3v) is 4.65. The SMILES string of the molecule is O=C(c1ccnnc1)N1CCOC[C@@H](Cc2ccc3ncccc3c2)C1. The summed E-state index contributed by atoms with van der Waals surface area (Å²) in [7, 11) is 0. The van der Waals surface area contributed by atoms with Crippen molar-refractivity contribution in [3.8, 4) is 0 Å². The normalized spacial score (nSPS) is 17.8. The first kappa shape index (κ1) is 16.6. The number of aromatic nitrogens is 3. The van der Waals surface area contributed by atoms with E-state index in [0.717, 1.165) is 17.3 Å². The summed E-state index contributed by atoms with van der Waals surface area (Å²) in [5.41, 5.74) is 2.80. The number of nitrogens with zero attached hydrogens (tertiary/aromatic N) is 4. The minimum atomic E-state index is -0.0156. The van der Waals surface area contributed by atoms with Crippen LogP contribution in [0.25, 0.3) is 10.9 Å². The van der Waals surface area contributed by atoms with Crippen LogP contribution in [-0.2, 0) is 11.2 Å². The lowest BCUT2D eigenvalue weighted by Gasteiger charge is -2.23. The van der Waals surface area contributed by atoms with Crippen molar-refractivity contribution < 1.29 is 9.53 Å². The molecule has 4 rings (SSSR count). The average molecular weight is 348 g/mol. The lowest BCUT2D eigenvalue weighted by atomic mass is 9.98. The molecule has 2 aromatic heterocycles. The van der Waals surface area contributed by atoms with Crippen molar-refractivity contribution in [2.45, 2.75) is 6.42 Å². The first-order chi connectivity index (χ1) is 12.8. The number of hydrogen-bond acceptors (Lipinski definition) is 5. The number of pyridine rings is 1. The number of rotatable bonds is 3. The van der Waals surface area contributed by atoms with Crippen LogP contribution in [0.4, 0.5) is 0 Å². The van der Waals surface area contributed by atoms with E-state index in [1.807, 2.05) is 17.0 Å². The second-order valence-electron chi connectivity index (χ2n) is 6.56. The van der Waals surface area contributed by atoms with Crippen LogP contribution < -0.4 is 0 Å². The van der Waals surface area contributed by atoms with E-state index in [4.69, 9.17) is 4.74 Å². The predicted octanol–water partition coefficient (Wildman–Crippen LogP) is 2.36. The second kappa shape index (κ2) is 7.58. The number of carbonyl (C=O) groups is 1. The molecule has 1 atom stereocenters. The van der Waals surface area contributed by atoms with E-state index in [-0.39, 0.29) is 11.8 Å². The Labute approximate surface area is 151 Å². The van der Waals surface area contributed by atoms with Gasteiger partial charge in [-0.3, -0.25) is 9.78 Å². The molecule has 6 nitrogen and oxygen atoms in total. The van der Waals surface area contributed by atoms with Crippen LogP contribution in [-0.4, -0.2) is 52.3 Å². The Hall–Kier alpha value is -2.86. The van der Waals surface area contributed by atoms with Gasteiger partial charge in [-0.15, -0.1) is 0 Å². The molecule has 0 bridgehead atoms. The number of hydrogen-bond donors (Lipinski definition) is 0. The van der Waals surface area contributed by atoms with E-state index in [1.54, 1.807) is 18.5 Å². The minimum absolute atomic E-state index is 0.0156. The molecule has 6 heteroatoms. The van der Waals surface area contributed by atoms with Gasteiger partial charge in [0.05, 0.1) is 36.7 Å². The van der Waals surface area contributed by atoms with Gasteiger partial charge in [0.25, 0.3) is 5.91 Å². The molecular weight excluding hydrogens is 328 g/mol. The van der Waals surface area contributed by atoms with Crippen molar-refractivity contribution in [1.29, 1.82) is 0 Å². The molecule has 1 aliphatic rings. The van der Waals surface area contributed by atoms with E-state index in [2.05, 4.69) is 33.4 Å². The highest BCUT2D eigenvalue weighted by Crippen LogP contribution is 2.19. The van der Waals surface area contributed by atoms with Gasteiger partial charge in [0.15, 0.2) is 0 Å². The van der Waals surface area contributed by atoms with Crippen LogP contribution >= 0.6 is 0 Å². The number of fused-ring (bicyclic) bond motifs is 1. The van der Waals surface area contributed by atoms with E-state index >= 15 is 0 Å². The maximum atomic E-state index is 12.7. The Kier molecular flexibility index (Phi) is 4.84. The van der Waals surface area contributed by atoms with E-state index in [1.165, 1.54) is 11.8 Å². The Morgan fingerprint density at radius 3 is 3.04 bits per heavy atom. The van der Waals surface area contributed by atoms with Gasteiger partial charge in [0, 0.05) is 30.6 Å². The fourth-order valence-electron chi connectivity index (χ4n) is 3.37. The van der Waals surface area contributed by atoms with Crippen LogP contribution in [0.15, 0.2) is 55.0 Å². The summed E-state index contributed by atoms with van der Waals surface area (Å²) >= 11 is 0. The largest absolute Gasteiger partial charge is 0.379 e. The molecule has 0 aliphatic carbocycles. The molecule has 1 aliphatic heterocycles. The number of benzene rings is 1. The Bertz CT molecular complexity index is 900. The van der Waals surface area contributed by atoms with Gasteiger partial charge < -0.3 is 9.64 Å². The molecule has 3 heterocycles. The highest BCUT2D eigenvalue weighted by atomic mass is 16.5. The van der Waals surface area contributed by atoms with Gasteiger partial charge in [-0.2, -0.15) is 10.2 Å². The smallest absolute Gasteiger partial charge is 0.255 e. The number of ether oxygens (including phenoxy) is 1. The van der Waals surface area contributed by atoms with Crippen LogP contribution in [0.3, 0.4) is 0 Å². The van der Waals surface area contributed by atoms with Crippen molar-refractivity contribution in [3.63, 3.8) is 0 Å². The van der Waals surface area contributed by atoms with Crippen molar-refractivity contribution in [3.05, 3.63) is 66.1 Å². The summed E-state index contributed by atoms with van der Waals surface area (Å²) < 4.78 is 5.75. The Balaban J connectivity index is 1.49. The first-order valence-electron chi connectivity index (χ1n) is 8.77. The van der Waals surface area contributed by atoms with E-state index < -0.39 is 0 Å². The van der Waals surface area contributed by atoms with Gasteiger partial charge in [-0.1, -0.05) is 12.1 Å². The van der Waals surface area contributed by atoms with Gasteiger partial charge in [0.1, 0.15) is 0 Å². The molecule has 1 amide bonds. The standard InChI is InChI=1S/C20H20N4O2/c25-20(18-5-7-22-23-12-18)24-8-9-26-14-16(13-24)10-15-3-4-19-17(11-15)2-1-6-21-19/h1-7,11-12,16H,8-10,13-14H2/t16-/m0/s1. The van der Waals surface area contributed by atoms with Gasteiger partial charge in [0.2, 0.25) is 0 Å².